The highest BCUT2D eigenvalue weighted by Gasteiger charge is 2.32. The van der Waals surface area contributed by atoms with Crippen LogP contribution in [-0.2, 0) is 23.9 Å². The van der Waals surface area contributed by atoms with Gasteiger partial charge >= 0.3 is 12.1 Å². The highest BCUT2D eigenvalue weighted by molar-refractivity contribution is 5.92. The van der Waals surface area contributed by atoms with Crippen LogP contribution in [0, 0.1) is 13.8 Å². The summed E-state index contributed by atoms with van der Waals surface area (Å²) >= 11 is 0. The molecule has 0 bridgehead atoms. The molecule has 1 atom stereocenters. The summed E-state index contributed by atoms with van der Waals surface area (Å²) in [5.74, 6) is -1.56. The summed E-state index contributed by atoms with van der Waals surface area (Å²) in [5.41, 5.74) is 1.69. The van der Waals surface area contributed by atoms with Gasteiger partial charge in [-0.2, -0.15) is 0 Å². The Balaban J connectivity index is 3.21. The number of methoxy groups -OCH3 is 1. The van der Waals surface area contributed by atoms with Crippen molar-refractivity contribution in [1.82, 2.24) is 15.5 Å². The molecule has 0 aliphatic rings. The molecule has 1 rings (SSSR count). The summed E-state index contributed by atoms with van der Waals surface area (Å²) in [4.78, 5) is 51.2. The SMILES string of the molecule is CCCN(C(=O)CNC(=O)OC(C)(C)C)C(C(=O)NCC(=O)OC)c1cc(C)ccc1C. The van der Waals surface area contributed by atoms with Crippen LogP contribution in [0.3, 0.4) is 0 Å². The van der Waals surface area contributed by atoms with Crippen molar-refractivity contribution in [2.24, 2.45) is 0 Å². The van der Waals surface area contributed by atoms with Gasteiger partial charge in [0.2, 0.25) is 11.8 Å². The van der Waals surface area contributed by atoms with Crippen molar-refractivity contribution < 1.29 is 28.7 Å². The van der Waals surface area contributed by atoms with Crippen molar-refractivity contribution in [2.75, 3.05) is 26.7 Å². The molecule has 3 amide bonds. The van der Waals surface area contributed by atoms with Crippen molar-refractivity contribution in [3.8, 4) is 0 Å². The third-order valence-electron chi connectivity index (χ3n) is 4.49. The second kappa shape index (κ2) is 12.1. The number of ether oxygens (including phenoxy) is 2. The lowest BCUT2D eigenvalue weighted by atomic mass is 9.96. The summed E-state index contributed by atoms with van der Waals surface area (Å²) in [6.45, 7) is 10.4. The van der Waals surface area contributed by atoms with Gasteiger partial charge in [-0.15, -0.1) is 0 Å². The first-order valence-corrected chi connectivity index (χ1v) is 10.6. The van der Waals surface area contributed by atoms with Gasteiger partial charge in [0.05, 0.1) is 7.11 Å². The van der Waals surface area contributed by atoms with Crippen molar-refractivity contribution >= 4 is 23.9 Å². The summed E-state index contributed by atoms with van der Waals surface area (Å²) < 4.78 is 9.77. The van der Waals surface area contributed by atoms with E-state index in [0.29, 0.717) is 12.0 Å². The van der Waals surface area contributed by atoms with Crippen molar-refractivity contribution in [1.29, 1.82) is 0 Å². The fraction of sp³-hybridized carbons (Fsp3) is 0.565. The van der Waals surface area contributed by atoms with Crippen molar-refractivity contribution in [3.05, 3.63) is 34.9 Å². The van der Waals surface area contributed by atoms with Gasteiger partial charge in [0.1, 0.15) is 24.7 Å². The Morgan fingerprint density at radius 2 is 1.72 bits per heavy atom. The maximum Gasteiger partial charge on any atom is 0.408 e. The zero-order chi connectivity index (χ0) is 24.5. The van der Waals surface area contributed by atoms with E-state index in [9.17, 15) is 19.2 Å². The predicted octanol–water partition coefficient (Wildman–Crippen LogP) is 2.40. The van der Waals surface area contributed by atoms with E-state index in [2.05, 4.69) is 15.4 Å². The first kappa shape index (κ1) is 26.9. The molecule has 2 N–H and O–H groups in total. The second-order valence-corrected chi connectivity index (χ2v) is 8.50. The molecule has 9 heteroatoms. The molecule has 0 saturated carbocycles. The third kappa shape index (κ3) is 8.56. The molecule has 32 heavy (non-hydrogen) atoms. The Morgan fingerprint density at radius 1 is 1.06 bits per heavy atom. The standard InChI is InChI=1S/C23H35N3O6/c1-8-11-26(18(27)13-25-22(30)32-23(4,5)6)20(21(29)24-14-19(28)31-7)17-12-15(2)9-10-16(17)3/h9-10,12,20H,8,11,13-14H2,1-7H3,(H,24,29)(H,25,30). The van der Waals surface area contributed by atoms with E-state index < -0.39 is 35.5 Å². The Hall–Kier alpha value is -3.10. The molecule has 0 fully saturated rings. The minimum atomic E-state index is -0.979. The fourth-order valence-corrected chi connectivity index (χ4v) is 3.04. The lowest BCUT2D eigenvalue weighted by Crippen LogP contribution is -2.49. The van der Waals surface area contributed by atoms with Crippen LogP contribution in [0.25, 0.3) is 0 Å². The van der Waals surface area contributed by atoms with Gasteiger partial charge in [0.25, 0.3) is 0 Å². The van der Waals surface area contributed by atoms with Gasteiger partial charge in [0, 0.05) is 6.54 Å². The first-order chi connectivity index (χ1) is 14.9. The fourth-order valence-electron chi connectivity index (χ4n) is 3.04. The van der Waals surface area contributed by atoms with E-state index >= 15 is 0 Å². The molecule has 0 spiro atoms. The van der Waals surface area contributed by atoms with Crippen LogP contribution in [0.5, 0.6) is 0 Å². The molecule has 1 aromatic rings. The van der Waals surface area contributed by atoms with Gasteiger partial charge in [-0.25, -0.2) is 4.79 Å². The highest BCUT2D eigenvalue weighted by Crippen LogP contribution is 2.26. The minimum Gasteiger partial charge on any atom is -0.468 e. The molecule has 1 unspecified atom stereocenters. The molecular weight excluding hydrogens is 414 g/mol. The molecule has 0 aliphatic carbocycles. The number of hydrogen-bond acceptors (Lipinski definition) is 6. The normalized spacial score (nSPS) is 11.8. The molecule has 1 aromatic carbocycles. The maximum absolute atomic E-state index is 13.1. The van der Waals surface area contributed by atoms with E-state index in [0.717, 1.165) is 11.1 Å². The number of carbonyl (C=O) groups excluding carboxylic acids is 4. The molecule has 0 saturated heterocycles. The Bertz CT molecular complexity index is 832. The van der Waals surface area contributed by atoms with Crippen LogP contribution in [0.2, 0.25) is 0 Å². The summed E-state index contributed by atoms with van der Waals surface area (Å²) in [6.07, 6.45) is -0.134. The van der Waals surface area contributed by atoms with Crippen LogP contribution in [0.4, 0.5) is 4.79 Å². The van der Waals surface area contributed by atoms with Gasteiger partial charge < -0.3 is 25.0 Å². The van der Waals surface area contributed by atoms with Crippen LogP contribution < -0.4 is 10.6 Å². The van der Waals surface area contributed by atoms with E-state index in [-0.39, 0.29) is 19.6 Å². The Morgan fingerprint density at radius 3 is 2.28 bits per heavy atom. The maximum atomic E-state index is 13.1. The molecule has 0 aliphatic heterocycles. The highest BCUT2D eigenvalue weighted by atomic mass is 16.6. The molecule has 0 aromatic heterocycles. The quantitative estimate of drug-likeness (QED) is 0.560. The number of nitrogens with one attached hydrogen (secondary N) is 2. The van der Waals surface area contributed by atoms with Crippen LogP contribution in [-0.4, -0.2) is 61.1 Å². The summed E-state index contributed by atoms with van der Waals surface area (Å²) in [6, 6.07) is 4.65. The average molecular weight is 450 g/mol. The molecule has 9 nitrogen and oxygen atoms in total. The van der Waals surface area contributed by atoms with E-state index in [4.69, 9.17) is 4.74 Å². The monoisotopic (exact) mass is 449 g/mol. The number of alkyl carbamates (subject to hydrolysis) is 1. The summed E-state index contributed by atoms with van der Waals surface area (Å²) in [7, 11) is 1.23. The topological polar surface area (TPSA) is 114 Å². The number of carbonyl (C=O) groups is 4. The lowest BCUT2D eigenvalue weighted by molar-refractivity contribution is -0.143. The van der Waals surface area contributed by atoms with Crippen LogP contribution >= 0.6 is 0 Å². The van der Waals surface area contributed by atoms with Gasteiger partial charge in [0.15, 0.2) is 0 Å². The van der Waals surface area contributed by atoms with Gasteiger partial charge in [-0.3, -0.25) is 14.4 Å². The minimum absolute atomic E-state index is 0.276. The third-order valence-corrected chi connectivity index (χ3v) is 4.49. The number of nitrogens with zero attached hydrogens (tertiary/aromatic N) is 1. The van der Waals surface area contributed by atoms with Crippen molar-refractivity contribution in [3.63, 3.8) is 0 Å². The van der Waals surface area contributed by atoms with Gasteiger partial charge in [-0.05, 0) is 52.2 Å². The second-order valence-electron chi connectivity index (χ2n) is 8.50. The van der Waals surface area contributed by atoms with Crippen molar-refractivity contribution in [2.45, 2.75) is 59.6 Å². The number of rotatable bonds is 9. The lowest BCUT2D eigenvalue weighted by Gasteiger charge is -2.32. The zero-order valence-electron chi connectivity index (χ0n) is 20.0. The average Bonchev–Trinajstić information content (AvgIpc) is 2.70. The van der Waals surface area contributed by atoms with E-state index in [1.165, 1.54) is 12.0 Å². The largest absolute Gasteiger partial charge is 0.468 e. The van der Waals surface area contributed by atoms with E-state index in [1.807, 2.05) is 39.0 Å². The molecule has 0 heterocycles. The zero-order valence-corrected chi connectivity index (χ0v) is 20.0. The molecule has 178 valence electrons. The summed E-state index contributed by atoms with van der Waals surface area (Å²) in [5, 5.41) is 5.00. The Labute approximate surface area is 189 Å². The van der Waals surface area contributed by atoms with E-state index in [1.54, 1.807) is 20.8 Å². The van der Waals surface area contributed by atoms with Crippen LogP contribution in [0.1, 0.15) is 56.8 Å². The first-order valence-electron chi connectivity index (χ1n) is 10.6. The number of hydrogen-bond donors (Lipinski definition) is 2. The number of esters is 1. The van der Waals surface area contributed by atoms with Crippen LogP contribution in [0.15, 0.2) is 18.2 Å². The van der Waals surface area contributed by atoms with Gasteiger partial charge in [-0.1, -0.05) is 30.7 Å². The number of amides is 3. The number of aryl methyl sites for hydroxylation is 2. The smallest absolute Gasteiger partial charge is 0.408 e. The molecular formula is C23H35N3O6. The predicted molar refractivity (Wildman–Crippen MR) is 120 cm³/mol. The molecule has 0 radical (unpaired) electrons. The Kier molecular flexibility index (Phi) is 10.2. The number of benzene rings is 1.